The normalized spacial score (nSPS) is 15.0. The van der Waals surface area contributed by atoms with Gasteiger partial charge in [-0.3, -0.25) is 4.79 Å². The number of fused-ring (bicyclic) bond motifs is 1. The molecular formula is C27H35N3O. The number of amides is 1. The van der Waals surface area contributed by atoms with Crippen molar-refractivity contribution in [2.75, 3.05) is 20.1 Å². The monoisotopic (exact) mass is 417 g/mol. The summed E-state index contributed by atoms with van der Waals surface area (Å²) in [5.74, 6) is 0.0768. The Bertz CT molecular complexity index is 1030. The molecule has 0 unspecified atom stereocenters. The molecule has 1 aliphatic carbocycles. The summed E-state index contributed by atoms with van der Waals surface area (Å²) in [7, 11) is 2.19. The van der Waals surface area contributed by atoms with Crippen LogP contribution in [0.1, 0.15) is 43.2 Å². The Labute approximate surface area is 186 Å². The van der Waals surface area contributed by atoms with E-state index in [1.54, 1.807) is 0 Å². The van der Waals surface area contributed by atoms with Crippen LogP contribution in [0.4, 0.5) is 0 Å². The third kappa shape index (κ3) is 5.19. The number of carbonyl (C=O) groups excluding carboxylic acids is 1. The summed E-state index contributed by atoms with van der Waals surface area (Å²) in [6.07, 6.45) is 8.67. The molecule has 0 aliphatic heterocycles. The van der Waals surface area contributed by atoms with Crippen molar-refractivity contribution in [2.24, 2.45) is 0 Å². The number of benzene rings is 2. The number of carbonyl (C=O) groups is 1. The highest BCUT2D eigenvalue weighted by Crippen LogP contribution is 2.28. The molecule has 4 nitrogen and oxygen atoms in total. The lowest BCUT2D eigenvalue weighted by atomic mass is 9.94. The van der Waals surface area contributed by atoms with E-state index in [1.807, 2.05) is 6.20 Å². The fraction of sp³-hybridized carbons (Fsp3) is 0.444. The molecule has 0 spiro atoms. The molecule has 1 aliphatic rings. The van der Waals surface area contributed by atoms with Gasteiger partial charge in [0.15, 0.2) is 0 Å². The molecule has 0 saturated heterocycles. The third-order valence-electron chi connectivity index (χ3n) is 6.78. The molecule has 0 bridgehead atoms. The maximum Gasteiger partial charge on any atom is 0.239 e. The van der Waals surface area contributed by atoms with Crippen LogP contribution in [0.5, 0.6) is 0 Å². The molecule has 3 aromatic rings. The van der Waals surface area contributed by atoms with Gasteiger partial charge in [0.2, 0.25) is 5.91 Å². The molecule has 2 aromatic carbocycles. The van der Waals surface area contributed by atoms with E-state index in [1.165, 1.54) is 59.7 Å². The van der Waals surface area contributed by atoms with Crippen LogP contribution < -0.4 is 5.32 Å². The van der Waals surface area contributed by atoms with Crippen molar-refractivity contribution >= 4 is 16.8 Å². The number of aryl methyl sites for hydroxylation is 2. The Morgan fingerprint density at radius 3 is 2.52 bits per heavy atom. The van der Waals surface area contributed by atoms with Gasteiger partial charge in [-0.1, -0.05) is 55.2 Å². The highest BCUT2D eigenvalue weighted by atomic mass is 16.1. The molecule has 1 aromatic heterocycles. The minimum atomic E-state index is 0.0768. The van der Waals surface area contributed by atoms with Crippen LogP contribution >= 0.6 is 0 Å². The largest absolute Gasteiger partial charge is 0.353 e. The third-order valence-corrected chi connectivity index (χ3v) is 6.78. The zero-order valence-electron chi connectivity index (χ0n) is 19.2. The van der Waals surface area contributed by atoms with Crippen LogP contribution in [0.15, 0.2) is 48.7 Å². The lowest BCUT2D eigenvalue weighted by molar-refractivity contribution is -0.121. The minimum absolute atomic E-state index is 0.0768. The summed E-state index contributed by atoms with van der Waals surface area (Å²) in [6.45, 7) is 6.23. The topological polar surface area (TPSA) is 37.3 Å². The summed E-state index contributed by atoms with van der Waals surface area (Å²) < 4.78 is 2.07. The molecule has 164 valence electrons. The second-order valence-corrected chi connectivity index (χ2v) is 9.16. The number of hydrogen-bond acceptors (Lipinski definition) is 2. The van der Waals surface area contributed by atoms with Crippen molar-refractivity contribution in [1.82, 2.24) is 14.8 Å². The van der Waals surface area contributed by atoms with Crippen molar-refractivity contribution < 1.29 is 4.79 Å². The molecule has 4 rings (SSSR count). The van der Waals surface area contributed by atoms with Gasteiger partial charge >= 0.3 is 0 Å². The van der Waals surface area contributed by atoms with Gasteiger partial charge in [0.05, 0.1) is 0 Å². The molecule has 1 fully saturated rings. The second kappa shape index (κ2) is 9.69. The van der Waals surface area contributed by atoms with E-state index in [0.29, 0.717) is 19.1 Å². The van der Waals surface area contributed by atoms with Gasteiger partial charge in [-0.25, -0.2) is 0 Å². The fourth-order valence-corrected chi connectivity index (χ4v) is 4.82. The highest BCUT2D eigenvalue weighted by Gasteiger charge is 2.17. The van der Waals surface area contributed by atoms with E-state index >= 15 is 0 Å². The Hall–Kier alpha value is -2.59. The molecule has 1 amide bonds. The van der Waals surface area contributed by atoms with Crippen LogP contribution in [-0.2, 0) is 11.3 Å². The van der Waals surface area contributed by atoms with E-state index in [9.17, 15) is 4.79 Å². The first kappa shape index (κ1) is 21.6. The second-order valence-electron chi connectivity index (χ2n) is 9.16. The number of nitrogens with zero attached hydrogens (tertiary/aromatic N) is 2. The molecule has 0 radical (unpaired) electrons. The Balaban J connectivity index is 1.40. The van der Waals surface area contributed by atoms with Crippen molar-refractivity contribution in [3.8, 4) is 11.1 Å². The van der Waals surface area contributed by atoms with Crippen molar-refractivity contribution in [2.45, 2.75) is 58.5 Å². The maximum atomic E-state index is 12.6. The quantitative estimate of drug-likeness (QED) is 0.566. The van der Waals surface area contributed by atoms with Crippen LogP contribution in [0.3, 0.4) is 0 Å². The molecule has 1 N–H and O–H groups in total. The Morgan fingerprint density at radius 1 is 1.03 bits per heavy atom. The van der Waals surface area contributed by atoms with Gasteiger partial charge in [0.1, 0.15) is 6.54 Å². The van der Waals surface area contributed by atoms with Gasteiger partial charge < -0.3 is 14.8 Å². The van der Waals surface area contributed by atoms with Crippen molar-refractivity contribution in [1.29, 1.82) is 0 Å². The van der Waals surface area contributed by atoms with Crippen molar-refractivity contribution in [3.63, 3.8) is 0 Å². The van der Waals surface area contributed by atoms with E-state index in [4.69, 9.17) is 0 Å². The predicted octanol–water partition coefficient (Wildman–Crippen LogP) is 5.31. The first-order valence-electron chi connectivity index (χ1n) is 11.6. The first-order valence-corrected chi connectivity index (χ1v) is 11.6. The smallest absolute Gasteiger partial charge is 0.239 e. The SMILES string of the molecule is Cc1ccc(-c2cc(C)c3ccn(CC(=O)NCCN(C)C4CCCCC4)c3c2)cc1. The van der Waals surface area contributed by atoms with E-state index in [0.717, 1.165) is 12.1 Å². The average Bonchev–Trinajstić information content (AvgIpc) is 3.18. The number of aromatic nitrogens is 1. The van der Waals surface area contributed by atoms with Gasteiger partial charge in [-0.15, -0.1) is 0 Å². The van der Waals surface area contributed by atoms with E-state index in [2.05, 4.69) is 78.1 Å². The van der Waals surface area contributed by atoms with Gasteiger partial charge in [0, 0.05) is 36.2 Å². The number of likely N-dealkylation sites (N-methyl/N-ethyl adjacent to an activating group) is 1. The first-order chi connectivity index (χ1) is 15.0. The molecule has 4 heteroatoms. The molecule has 31 heavy (non-hydrogen) atoms. The predicted molar refractivity (Wildman–Crippen MR) is 129 cm³/mol. The van der Waals surface area contributed by atoms with Crippen LogP contribution in [-0.4, -0.2) is 41.6 Å². The molecule has 1 heterocycles. The van der Waals surface area contributed by atoms with E-state index < -0.39 is 0 Å². The van der Waals surface area contributed by atoms with Gasteiger partial charge in [-0.2, -0.15) is 0 Å². The van der Waals surface area contributed by atoms with E-state index in [-0.39, 0.29) is 5.91 Å². The summed E-state index contributed by atoms with van der Waals surface area (Å²) in [5, 5.41) is 4.33. The maximum absolute atomic E-state index is 12.6. The lowest BCUT2D eigenvalue weighted by Gasteiger charge is -2.31. The number of hydrogen-bond donors (Lipinski definition) is 1. The zero-order chi connectivity index (χ0) is 21.8. The average molecular weight is 418 g/mol. The summed E-state index contributed by atoms with van der Waals surface area (Å²) in [4.78, 5) is 15.1. The lowest BCUT2D eigenvalue weighted by Crippen LogP contribution is -2.40. The number of nitrogens with one attached hydrogen (secondary N) is 1. The minimum Gasteiger partial charge on any atom is -0.353 e. The standard InChI is InChI=1S/C27H35N3O/c1-20-9-11-22(12-10-20)23-17-21(2)25-13-15-30(26(25)18-23)19-27(31)28-14-16-29(3)24-7-5-4-6-8-24/h9-13,15,17-18,24H,4-8,14,16,19H2,1-3H3,(H,28,31). The van der Waals surface area contributed by atoms with Crippen molar-refractivity contribution in [3.05, 3.63) is 59.8 Å². The molecule has 1 saturated carbocycles. The van der Waals surface area contributed by atoms with Gasteiger partial charge in [0.25, 0.3) is 0 Å². The fourth-order valence-electron chi connectivity index (χ4n) is 4.82. The molecule has 0 atom stereocenters. The summed E-state index contributed by atoms with van der Waals surface area (Å²) in [6, 6.07) is 15.9. The highest BCUT2D eigenvalue weighted by molar-refractivity contribution is 5.90. The summed E-state index contributed by atoms with van der Waals surface area (Å²) >= 11 is 0. The Kier molecular flexibility index (Phi) is 6.77. The van der Waals surface area contributed by atoms with Crippen LogP contribution in [0, 0.1) is 13.8 Å². The van der Waals surface area contributed by atoms with Gasteiger partial charge in [-0.05, 0) is 62.6 Å². The number of rotatable bonds is 7. The van der Waals surface area contributed by atoms with Crippen LogP contribution in [0.2, 0.25) is 0 Å². The summed E-state index contributed by atoms with van der Waals surface area (Å²) in [5.41, 5.74) is 6.01. The molecular weight excluding hydrogens is 382 g/mol. The zero-order valence-corrected chi connectivity index (χ0v) is 19.2. The van der Waals surface area contributed by atoms with Crippen LogP contribution in [0.25, 0.3) is 22.0 Å². The Morgan fingerprint density at radius 2 is 1.77 bits per heavy atom.